The lowest BCUT2D eigenvalue weighted by molar-refractivity contribution is -0.133. The number of nitrogens with two attached hydrogens (primary N) is 1. The number of benzene rings is 1. The summed E-state index contributed by atoms with van der Waals surface area (Å²) >= 11 is 0.855. The second-order valence-electron chi connectivity index (χ2n) is 5.97. The van der Waals surface area contributed by atoms with Crippen molar-refractivity contribution in [3.8, 4) is 6.07 Å². The molecule has 148 valence electrons. The number of methoxy groups -OCH3 is 1. The first-order chi connectivity index (χ1) is 13.8. The van der Waals surface area contributed by atoms with Crippen LogP contribution >= 0.6 is 11.3 Å². The van der Waals surface area contributed by atoms with Crippen LogP contribution in [-0.4, -0.2) is 30.6 Å². The molecule has 3 N–H and O–H groups in total. The maximum Gasteiger partial charge on any atom is 0.332 e. The summed E-state index contributed by atoms with van der Waals surface area (Å²) in [5.41, 5.74) is 5.74. The van der Waals surface area contributed by atoms with E-state index in [1.807, 2.05) is 6.07 Å². The number of hydrogen-bond acceptors (Lipinski definition) is 7. The Kier molecular flexibility index (Phi) is 5.34. The first-order valence-electron chi connectivity index (χ1n) is 8.27. The molecule has 10 heteroatoms. The number of carbonyl (C=O) groups is 2. The lowest BCUT2D eigenvalue weighted by Gasteiger charge is -2.24. The number of esters is 1. The van der Waals surface area contributed by atoms with Crippen LogP contribution in [0, 0.1) is 17.1 Å². The number of fused-ring (bicyclic) bond motifs is 1. The molecule has 1 aliphatic rings. The number of aromatic nitrogens is 1. The van der Waals surface area contributed by atoms with Gasteiger partial charge in [-0.2, -0.15) is 5.26 Å². The zero-order valence-corrected chi connectivity index (χ0v) is 16.2. The second kappa shape index (κ2) is 7.73. The Morgan fingerprint density at radius 1 is 1.45 bits per heavy atom. The smallest absolute Gasteiger partial charge is 0.332 e. The van der Waals surface area contributed by atoms with Gasteiger partial charge >= 0.3 is 5.97 Å². The van der Waals surface area contributed by atoms with Crippen LogP contribution in [0.4, 0.5) is 4.39 Å². The number of allylic oxidation sites excluding steroid dienone is 1. The maximum absolute atomic E-state index is 13.9. The lowest BCUT2D eigenvalue weighted by Crippen LogP contribution is -2.41. The topological polar surface area (TPSA) is 127 Å². The average molecular weight is 414 g/mol. The van der Waals surface area contributed by atoms with Crippen LogP contribution in [-0.2, 0) is 14.3 Å². The van der Waals surface area contributed by atoms with Crippen LogP contribution in [0.2, 0.25) is 0 Å². The van der Waals surface area contributed by atoms with E-state index >= 15 is 0 Å². The Labute approximate surface area is 167 Å². The van der Waals surface area contributed by atoms with Gasteiger partial charge in [-0.3, -0.25) is 14.2 Å². The molecular formula is C19H15FN4O4S. The Morgan fingerprint density at radius 2 is 2.17 bits per heavy atom. The van der Waals surface area contributed by atoms with E-state index in [9.17, 15) is 24.0 Å². The van der Waals surface area contributed by atoms with E-state index < -0.39 is 29.2 Å². The first kappa shape index (κ1) is 20.0. The molecule has 29 heavy (non-hydrogen) atoms. The molecule has 0 aliphatic carbocycles. The van der Waals surface area contributed by atoms with E-state index in [2.05, 4.69) is 10.1 Å². The Balaban J connectivity index is 2.50. The Hall–Kier alpha value is -3.71. The van der Waals surface area contributed by atoms with Gasteiger partial charge in [0.05, 0.1) is 30.2 Å². The molecule has 0 fully saturated rings. The van der Waals surface area contributed by atoms with Gasteiger partial charge in [0.1, 0.15) is 20.8 Å². The van der Waals surface area contributed by atoms with Crippen LogP contribution in [0.5, 0.6) is 0 Å². The zero-order chi connectivity index (χ0) is 21.3. The lowest BCUT2D eigenvalue weighted by atomic mass is 9.83. The molecule has 1 amide bonds. The van der Waals surface area contributed by atoms with Crippen LogP contribution < -0.4 is 25.8 Å². The Bertz CT molecular complexity index is 1280. The van der Waals surface area contributed by atoms with Gasteiger partial charge in [-0.25, -0.2) is 9.18 Å². The van der Waals surface area contributed by atoms with E-state index in [4.69, 9.17) is 5.73 Å². The van der Waals surface area contributed by atoms with E-state index in [1.165, 1.54) is 25.2 Å². The number of ether oxygens (including phenoxy) is 1. The number of carbonyl (C=O) groups excluding carboxylic acids is 2. The van der Waals surface area contributed by atoms with Gasteiger partial charge in [-0.05, 0) is 17.7 Å². The van der Waals surface area contributed by atoms with Gasteiger partial charge in [0, 0.05) is 13.1 Å². The van der Waals surface area contributed by atoms with Crippen LogP contribution in [0.15, 0.2) is 34.6 Å². The third kappa shape index (κ3) is 3.32. The fourth-order valence-electron chi connectivity index (χ4n) is 3.09. The van der Waals surface area contributed by atoms with Crippen molar-refractivity contribution in [2.45, 2.75) is 5.92 Å². The molecule has 1 aromatic carbocycles. The highest BCUT2D eigenvalue weighted by Gasteiger charge is 2.35. The van der Waals surface area contributed by atoms with Gasteiger partial charge in [0.2, 0.25) is 0 Å². The summed E-state index contributed by atoms with van der Waals surface area (Å²) in [6.45, 7) is 0. The van der Waals surface area contributed by atoms with Gasteiger partial charge in [-0.15, -0.1) is 11.3 Å². The monoisotopic (exact) mass is 414 g/mol. The molecule has 3 rings (SSSR count). The van der Waals surface area contributed by atoms with Crippen molar-refractivity contribution in [3.05, 3.63) is 60.8 Å². The molecule has 0 saturated carbocycles. The predicted octanol–water partition coefficient (Wildman–Crippen LogP) is -0.653. The van der Waals surface area contributed by atoms with E-state index in [-0.39, 0.29) is 26.2 Å². The number of amides is 1. The molecule has 8 nitrogen and oxygen atoms in total. The molecular weight excluding hydrogens is 399 g/mol. The summed E-state index contributed by atoms with van der Waals surface area (Å²) in [4.78, 5) is 37.1. The normalized spacial score (nSPS) is 16.3. The van der Waals surface area contributed by atoms with Crippen LogP contribution in [0.25, 0.3) is 17.5 Å². The third-order valence-corrected chi connectivity index (χ3v) is 5.48. The maximum atomic E-state index is 13.9. The number of rotatable bonds is 3. The predicted molar refractivity (Wildman–Crippen MR) is 104 cm³/mol. The number of nitrogens with one attached hydrogen (secondary N) is 1. The number of hydrogen-bond donors (Lipinski definition) is 2. The van der Waals surface area contributed by atoms with Crippen molar-refractivity contribution in [1.82, 2.24) is 9.88 Å². The summed E-state index contributed by atoms with van der Waals surface area (Å²) in [7, 11) is 2.55. The van der Waals surface area contributed by atoms with Crippen molar-refractivity contribution in [1.29, 1.82) is 5.26 Å². The van der Waals surface area contributed by atoms with Crippen LogP contribution in [0.1, 0.15) is 11.5 Å². The minimum atomic E-state index is -0.986. The van der Waals surface area contributed by atoms with E-state index in [0.29, 0.717) is 5.56 Å². The molecule has 0 bridgehead atoms. The summed E-state index contributed by atoms with van der Waals surface area (Å²) in [6.07, 6.45) is 0.982. The molecule has 1 atom stereocenters. The summed E-state index contributed by atoms with van der Waals surface area (Å²) < 4.78 is 19.5. The van der Waals surface area contributed by atoms with Crippen molar-refractivity contribution in [3.63, 3.8) is 0 Å². The first-order valence-corrected chi connectivity index (χ1v) is 9.09. The minimum Gasteiger partial charge on any atom is -0.466 e. The molecule has 0 saturated heterocycles. The SMILES string of the molecule is CNC(=O)C1=c2s/c(=C\C(=O)OC)c(=O)n2C(N)=C(C#N)C1c1cccc(F)c1. The molecule has 2 heterocycles. The molecule has 2 aromatic rings. The van der Waals surface area contributed by atoms with Crippen LogP contribution in [0.3, 0.4) is 0 Å². The standard InChI is InChI=1S/C19H15FN4O4S/c1-23-17(26)15-14(9-4-3-5-10(20)6-9)11(8-21)16(22)24-18(27)12(29-19(15)24)7-13(25)28-2/h3-7,14H,22H2,1-2H3,(H,23,26)/b12-7-. The molecule has 0 spiro atoms. The van der Waals surface area contributed by atoms with Gasteiger partial charge in [0.15, 0.2) is 0 Å². The molecule has 1 aromatic heterocycles. The Morgan fingerprint density at radius 3 is 2.76 bits per heavy atom. The van der Waals surface area contributed by atoms with Gasteiger partial charge in [0.25, 0.3) is 11.5 Å². The van der Waals surface area contributed by atoms with Crippen molar-refractivity contribution < 1.29 is 18.7 Å². The second-order valence-corrected chi connectivity index (χ2v) is 7.00. The highest BCUT2D eigenvalue weighted by Crippen LogP contribution is 2.36. The fraction of sp³-hybridized carbons (Fsp3) is 0.158. The zero-order valence-electron chi connectivity index (χ0n) is 15.4. The highest BCUT2D eigenvalue weighted by molar-refractivity contribution is 7.07. The van der Waals surface area contributed by atoms with Crippen molar-refractivity contribution in [2.75, 3.05) is 14.2 Å². The van der Waals surface area contributed by atoms with Gasteiger partial charge < -0.3 is 15.8 Å². The quantitative estimate of drug-likeness (QED) is 0.643. The molecule has 1 aliphatic heterocycles. The highest BCUT2D eigenvalue weighted by atomic mass is 32.1. The molecule has 0 radical (unpaired) electrons. The average Bonchev–Trinajstić information content (AvgIpc) is 3.03. The molecule has 1 unspecified atom stereocenters. The minimum absolute atomic E-state index is 0.0200. The number of nitrogens with zero attached hydrogens (tertiary/aromatic N) is 2. The van der Waals surface area contributed by atoms with E-state index in [1.54, 1.807) is 6.07 Å². The number of thiazole rings is 1. The summed E-state index contributed by atoms with van der Waals surface area (Å²) in [6, 6.07) is 7.37. The number of nitriles is 1. The fourth-order valence-corrected chi connectivity index (χ4v) is 4.22. The summed E-state index contributed by atoms with van der Waals surface area (Å²) in [5, 5.41) is 12.2. The van der Waals surface area contributed by atoms with Crippen molar-refractivity contribution in [2.24, 2.45) is 5.73 Å². The third-order valence-electron chi connectivity index (χ3n) is 4.37. The number of halogens is 1. The van der Waals surface area contributed by atoms with Crippen molar-refractivity contribution >= 4 is 40.7 Å². The largest absolute Gasteiger partial charge is 0.466 e. The van der Waals surface area contributed by atoms with E-state index in [0.717, 1.165) is 29.1 Å². The van der Waals surface area contributed by atoms with Gasteiger partial charge in [-0.1, -0.05) is 12.1 Å². The summed E-state index contributed by atoms with van der Waals surface area (Å²) in [5.74, 6) is -3.05.